The van der Waals surface area contributed by atoms with Crippen molar-refractivity contribution in [1.29, 1.82) is 0 Å². The minimum atomic E-state index is -1.06. The van der Waals surface area contributed by atoms with Gasteiger partial charge in [-0.25, -0.2) is 0 Å². The topological polar surface area (TPSA) is 84.8 Å². The van der Waals surface area contributed by atoms with Crippen LogP contribution in [0.3, 0.4) is 0 Å². The van der Waals surface area contributed by atoms with Gasteiger partial charge >= 0.3 is 0 Å². The monoisotopic (exact) mass is 120 g/mol. The summed E-state index contributed by atoms with van der Waals surface area (Å²) in [5, 5.41) is 30.1. The lowest BCUT2D eigenvalue weighted by molar-refractivity contribution is 0.0215. The number of nitrogens with one attached hydrogen (secondary N) is 2. The fourth-order valence-corrected chi connectivity index (χ4v) is 0.554. The van der Waals surface area contributed by atoms with Crippen LogP contribution < -0.4 is 10.6 Å². The van der Waals surface area contributed by atoms with Crippen molar-refractivity contribution in [3.63, 3.8) is 0 Å². The van der Waals surface area contributed by atoms with Gasteiger partial charge in [0.2, 0.25) is 0 Å². The Hall–Kier alpha value is -0.200. The van der Waals surface area contributed by atoms with E-state index in [0.29, 0.717) is 0 Å². The van der Waals surface area contributed by atoms with E-state index in [-0.39, 0.29) is 0 Å². The van der Waals surface area contributed by atoms with E-state index < -0.39 is 18.8 Å². The molecule has 0 aromatic carbocycles. The molecule has 1 saturated heterocycles. The first-order valence-corrected chi connectivity index (χ1v) is 2.26. The lowest BCUT2D eigenvalue weighted by Crippen LogP contribution is -2.32. The predicted molar refractivity (Wildman–Crippen MR) is 24.3 cm³/mol. The highest BCUT2D eigenvalue weighted by atomic mass is 16.4. The molecule has 1 fully saturated rings. The van der Waals surface area contributed by atoms with E-state index >= 15 is 0 Å². The van der Waals surface area contributed by atoms with Gasteiger partial charge in [0.05, 0.1) is 0 Å². The van der Waals surface area contributed by atoms with Crippen molar-refractivity contribution >= 4 is 0 Å². The first kappa shape index (κ1) is 5.93. The second-order valence-electron chi connectivity index (χ2n) is 1.63. The van der Waals surface area contributed by atoms with Crippen molar-refractivity contribution in [2.24, 2.45) is 0 Å². The Labute approximate surface area is 45.9 Å². The molecule has 0 spiro atoms. The molecule has 1 aliphatic heterocycles. The van der Waals surface area contributed by atoms with Gasteiger partial charge in [0.1, 0.15) is 12.5 Å². The quantitative estimate of drug-likeness (QED) is 0.237. The van der Waals surface area contributed by atoms with Crippen molar-refractivity contribution in [2.45, 2.75) is 18.8 Å². The molecule has 0 aromatic rings. The summed E-state index contributed by atoms with van der Waals surface area (Å²) in [7, 11) is 0. The molecule has 0 amide bonds. The third-order valence-corrected chi connectivity index (χ3v) is 0.956. The molecule has 0 aliphatic carbocycles. The zero-order valence-corrected chi connectivity index (χ0v) is 4.07. The Bertz CT molecular complexity index is 78.6. The van der Waals surface area contributed by atoms with Crippen LogP contribution in [-0.2, 0) is 0 Å². The zero-order valence-electron chi connectivity index (χ0n) is 4.07. The first-order chi connectivity index (χ1) is 3.70. The fraction of sp³-hybridized carbons (Fsp3) is 1.00. The molecular weight excluding hydrogens is 112 g/mol. The summed E-state index contributed by atoms with van der Waals surface area (Å²) in [6.07, 6.45) is -3.13. The van der Waals surface area contributed by atoms with Gasteiger partial charge in [-0.15, -0.1) is 0 Å². The molecule has 1 unspecified atom stereocenters. The van der Waals surface area contributed by atoms with Gasteiger partial charge in [0, 0.05) is 0 Å². The van der Waals surface area contributed by atoms with E-state index in [4.69, 9.17) is 15.3 Å². The minimum Gasteiger partial charge on any atom is -0.374 e. The van der Waals surface area contributed by atoms with Gasteiger partial charge in [-0.1, -0.05) is 0 Å². The van der Waals surface area contributed by atoms with E-state index in [0.717, 1.165) is 0 Å². The van der Waals surface area contributed by atoms with Crippen LogP contribution in [0, 0.1) is 0 Å². The van der Waals surface area contributed by atoms with E-state index in [1.807, 2.05) is 0 Å². The molecule has 1 heterocycles. The number of hydrogen-bond acceptors (Lipinski definition) is 5. The lowest BCUT2D eigenvalue weighted by atomic mass is 10.5. The number of rotatable bonds is 0. The highest BCUT2D eigenvalue weighted by Crippen LogP contribution is 1.94. The van der Waals surface area contributed by atoms with Gasteiger partial charge in [0.25, 0.3) is 0 Å². The Kier molecular flexibility index (Phi) is 1.45. The van der Waals surface area contributed by atoms with Crippen molar-refractivity contribution in [3.05, 3.63) is 0 Å². The van der Waals surface area contributed by atoms with Crippen molar-refractivity contribution in [3.8, 4) is 0 Å². The maximum atomic E-state index is 8.58. The third-order valence-electron chi connectivity index (χ3n) is 0.956. The van der Waals surface area contributed by atoms with Crippen LogP contribution in [0.1, 0.15) is 0 Å². The minimum absolute atomic E-state index is 1.00. The molecule has 5 nitrogen and oxygen atoms in total. The van der Waals surface area contributed by atoms with Gasteiger partial charge in [-0.05, 0) is 0 Å². The molecule has 8 heavy (non-hydrogen) atoms. The second kappa shape index (κ2) is 1.96. The molecule has 0 radical (unpaired) electrons. The van der Waals surface area contributed by atoms with Crippen LogP contribution in [-0.4, -0.2) is 34.1 Å². The van der Waals surface area contributed by atoms with Crippen molar-refractivity contribution in [2.75, 3.05) is 0 Å². The maximum Gasteiger partial charge on any atom is 0.164 e. The Balaban J connectivity index is 2.39. The molecule has 5 heteroatoms. The summed E-state index contributed by atoms with van der Waals surface area (Å²) < 4.78 is 0. The van der Waals surface area contributed by atoms with E-state index in [9.17, 15) is 0 Å². The van der Waals surface area contributed by atoms with Gasteiger partial charge in [-0.2, -0.15) is 0 Å². The molecule has 48 valence electrons. The van der Waals surface area contributed by atoms with Gasteiger partial charge in [-0.3, -0.25) is 10.6 Å². The average molecular weight is 120 g/mol. The number of aliphatic hydroxyl groups is 3. The van der Waals surface area contributed by atoms with Crippen LogP contribution in [0.2, 0.25) is 0 Å². The molecular formula is C3H8N2O3. The van der Waals surface area contributed by atoms with Crippen LogP contribution in [0.25, 0.3) is 0 Å². The fourth-order valence-electron chi connectivity index (χ4n) is 0.554. The summed E-state index contributed by atoms with van der Waals surface area (Å²) in [6.45, 7) is 0. The predicted octanol–water partition coefficient (Wildman–Crippen LogP) is -2.91. The first-order valence-electron chi connectivity index (χ1n) is 2.26. The van der Waals surface area contributed by atoms with Crippen LogP contribution in [0.4, 0.5) is 0 Å². The molecule has 1 aliphatic rings. The Morgan fingerprint density at radius 1 is 0.875 bits per heavy atom. The summed E-state index contributed by atoms with van der Waals surface area (Å²) in [4.78, 5) is 0. The molecule has 0 aromatic heterocycles. The largest absolute Gasteiger partial charge is 0.374 e. The highest BCUT2D eigenvalue weighted by Gasteiger charge is 2.27. The summed E-state index contributed by atoms with van der Waals surface area (Å²) in [6, 6.07) is 0. The van der Waals surface area contributed by atoms with E-state index in [2.05, 4.69) is 10.6 Å². The summed E-state index contributed by atoms with van der Waals surface area (Å²) in [5.41, 5.74) is 0. The normalized spacial score (nSPS) is 47.6. The Morgan fingerprint density at radius 3 is 1.38 bits per heavy atom. The smallest absolute Gasteiger partial charge is 0.164 e. The third kappa shape index (κ3) is 0.960. The molecule has 1 rings (SSSR count). The average Bonchev–Trinajstić information content (AvgIpc) is 1.85. The van der Waals surface area contributed by atoms with Crippen LogP contribution >= 0.6 is 0 Å². The second-order valence-corrected chi connectivity index (χ2v) is 1.63. The van der Waals surface area contributed by atoms with E-state index in [1.165, 1.54) is 0 Å². The zero-order chi connectivity index (χ0) is 6.15. The summed E-state index contributed by atoms with van der Waals surface area (Å²) >= 11 is 0. The van der Waals surface area contributed by atoms with Crippen molar-refractivity contribution < 1.29 is 15.3 Å². The molecule has 5 N–H and O–H groups in total. The molecule has 3 atom stereocenters. The standard InChI is InChI=1S/C3H8N2O3/c6-1-2(7)5-3(8)4-1/h1-8H/t1-,2+,3?. The number of aliphatic hydroxyl groups excluding tert-OH is 3. The van der Waals surface area contributed by atoms with Crippen LogP contribution in [0.15, 0.2) is 0 Å². The van der Waals surface area contributed by atoms with Crippen LogP contribution in [0.5, 0.6) is 0 Å². The SMILES string of the molecule is OC1N[C@@H](O)[C@@H](O)N1. The maximum absolute atomic E-state index is 8.58. The molecule has 0 saturated carbocycles. The number of hydrogen-bond donors (Lipinski definition) is 5. The molecule has 0 bridgehead atoms. The highest BCUT2D eigenvalue weighted by molar-refractivity contribution is 4.72. The Morgan fingerprint density at radius 2 is 1.25 bits per heavy atom. The van der Waals surface area contributed by atoms with E-state index in [1.54, 1.807) is 0 Å². The van der Waals surface area contributed by atoms with Crippen molar-refractivity contribution in [1.82, 2.24) is 10.6 Å². The van der Waals surface area contributed by atoms with Gasteiger partial charge < -0.3 is 15.3 Å². The summed E-state index contributed by atoms with van der Waals surface area (Å²) in [5.74, 6) is 0. The van der Waals surface area contributed by atoms with Gasteiger partial charge in [0.15, 0.2) is 6.35 Å². The lowest BCUT2D eigenvalue weighted by Gasteiger charge is -2.02.